The molecule has 0 spiro atoms. The van der Waals surface area contributed by atoms with E-state index in [1.807, 2.05) is 0 Å². The second kappa shape index (κ2) is 4.57. The number of methoxy groups -OCH3 is 1. The van der Waals surface area contributed by atoms with Crippen LogP contribution in [0.15, 0.2) is 18.2 Å². The van der Waals surface area contributed by atoms with Gasteiger partial charge < -0.3 is 4.74 Å². The third-order valence-electron chi connectivity index (χ3n) is 1.64. The van der Waals surface area contributed by atoms with Crippen LogP contribution in [0.25, 0.3) is 0 Å². The zero-order valence-corrected chi connectivity index (χ0v) is 7.93. The lowest BCUT2D eigenvalue weighted by Gasteiger charge is -2.07. The minimum Gasteiger partial charge on any atom is -0.496 e. The molecule has 1 aromatic rings. The summed E-state index contributed by atoms with van der Waals surface area (Å²) in [5.74, 6) is -0.588. The van der Waals surface area contributed by atoms with Gasteiger partial charge in [-0.2, -0.15) is 0 Å². The second-order valence-corrected chi connectivity index (χ2v) is 2.55. The summed E-state index contributed by atoms with van der Waals surface area (Å²) in [5, 5.41) is 0. The summed E-state index contributed by atoms with van der Waals surface area (Å²) >= 11 is 0. The highest BCUT2D eigenvalue weighted by Crippen LogP contribution is 2.18. The molecular formula is C9H11FN2O2. The second-order valence-electron chi connectivity index (χ2n) is 2.55. The maximum atomic E-state index is 12.8. The van der Waals surface area contributed by atoms with E-state index in [0.29, 0.717) is 5.75 Å². The van der Waals surface area contributed by atoms with Crippen LogP contribution in [0.4, 0.5) is 4.39 Å². The van der Waals surface area contributed by atoms with Crippen LogP contribution in [0.3, 0.4) is 0 Å². The van der Waals surface area contributed by atoms with E-state index < -0.39 is 11.7 Å². The molecule has 0 bridgehead atoms. The Morgan fingerprint density at radius 3 is 2.79 bits per heavy atom. The highest BCUT2D eigenvalue weighted by atomic mass is 19.1. The van der Waals surface area contributed by atoms with E-state index in [2.05, 4.69) is 10.9 Å². The fourth-order valence-electron chi connectivity index (χ4n) is 1.04. The first-order valence-corrected chi connectivity index (χ1v) is 3.99. The minimum absolute atomic E-state index is 0.154. The van der Waals surface area contributed by atoms with E-state index in [0.717, 1.165) is 6.07 Å². The van der Waals surface area contributed by atoms with Crippen molar-refractivity contribution in [2.24, 2.45) is 0 Å². The van der Waals surface area contributed by atoms with Crippen LogP contribution < -0.4 is 15.6 Å². The number of hydrogen-bond acceptors (Lipinski definition) is 3. The van der Waals surface area contributed by atoms with E-state index in [1.54, 1.807) is 7.05 Å². The molecule has 0 saturated carbocycles. The Bertz CT molecular complexity index is 342. The molecule has 1 rings (SSSR count). The number of carbonyl (C=O) groups excluding carboxylic acids is 1. The zero-order valence-electron chi connectivity index (χ0n) is 7.93. The normalized spacial score (nSPS) is 9.64. The Labute approximate surface area is 81.0 Å². The maximum absolute atomic E-state index is 12.8. The number of amides is 1. The van der Waals surface area contributed by atoms with Crippen LogP contribution >= 0.6 is 0 Å². The first kappa shape index (κ1) is 10.5. The van der Waals surface area contributed by atoms with Gasteiger partial charge in [-0.1, -0.05) is 0 Å². The van der Waals surface area contributed by atoms with Crippen molar-refractivity contribution in [1.29, 1.82) is 0 Å². The Morgan fingerprint density at radius 1 is 1.50 bits per heavy atom. The number of hydrogen-bond donors (Lipinski definition) is 2. The van der Waals surface area contributed by atoms with Crippen LogP contribution in [-0.2, 0) is 0 Å². The minimum atomic E-state index is -0.480. The third kappa shape index (κ3) is 2.20. The fraction of sp³-hybridized carbons (Fsp3) is 0.222. The molecule has 5 heteroatoms. The van der Waals surface area contributed by atoms with E-state index in [1.165, 1.54) is 19.2 Å². The van der Waals surface area contributed by atoms with Gasteiger partial charge in [-0.05, 0) is 18.2 Å². The number of carbonyl (C=O) groups is 1. The van der Waals surface area contributed by atoms with E-state index in [9.17, 15) is 9.18 Å². The Balaban J connectivity index is 3.03. The molecule has 0 aliphatic heterocycles. The quantitative estimate of drug-likeness (QED) is 0.703. The van der Waals surface area contributed by atoms with E-state index >= 15 is 0 Å². The highest BCUT2D eigenvalue weighted by Gasteiger charge is 2.12. The Hall–Kier alpha value is -1.62. The van der Waals surface area contributed by atoms with Gasteiger partial charge in [-0.15, -0.1) is 0 Å². The fourth-order valence-corrected chi connectivity index (χ4v) is 1.04. The van der Waals surface area contributed by atoms with Crippen molar-refractivity contribution in [3.8, 4) is 5.75 Å². The summed E-state index contributed by atoms with van der Waals surface area (Å²) in [6.45, 7) is 0. The number of rotatable bonds is 3. The standard InChI is InChI=1S/C9H11FN2O2/c1-11-12-9(13)7-5-6(10)3-4-8(7)14-2/h3-5,11H,1-2H3,(H,12,13). The van der Waals surface area contributed by atoms with Gasteiger partial charge in [-0.25, -0.2) is 9.82 Å². The van der Waals surface area contributed by atoms with Gasteiger partial charge in [0.05, 0.1) is 12.7 Å². The van der Waals surface area contributed by atoms with Crippen LogP contribution in [0.1, 0.15) is 10.4 Å². The summed E-state index contributed by atoms with van der Waals surface area (Å²) in [6, 6.07) is 3.75. The summed E-state index contributed by atoms with van der Waals surface area (Å²) in [7, 11) is 2.97. The van der Waals surface area contributed by atoms with Crippen LogP contribution in [-0.4, -0.2) is 20.1 Å². The van der Waals surface area contributed by atoms with Crippen molar-refractivity contribution >= 4 is 5.91 Å². The van der Waals surface area contributed by atoms with Gasteiger partial charge >= 0.3 is 0 Å². The van der Waals surface area contributed by atoms with Crippen molar-refractivity contribution < 1.29 is 13.9 Å². The number of ether oxygens (including phenoxy) is 1. The van der Waals surface area contributed by atoms with Crippen molar-refractivity contribution in [3.63, 3.8) is 0 Å². The molecule has 2 N–H and O–H groups in total. The third-order valence-corrected chi connectivity index (χ3v) is 1.64. The zero-order chi connectivity index (χ0) is 10.6. The van der Waals surface area contributed by atoms with Gasteiger partial charge in [-0.3, -0.25) is 10.2 Å². The smallest absolute Gasteiger partial charge is 0.269 e. The summed E-state index contributed by atoms with van der Waals surface area (Å²) in [6.07, 6.45) is 0. The lowest BCUT2D eigenvalue weighted by Crippen LogP contribution is -2.34. The average molecular weight is 198 g/mol. The monoisotopic (exact) mass is 198 g/mol. The molecule has 14 heavy (non-hydrogen) atoms. The topological polar surface area (TPSA) is 50.4 Å². The van der Waals surface area contributed by atoms with E-state index in [-0.39, 0.29) is 5.56 Å². The lowest BCUT2D eigenvalue weighted by atomic mass is 10.2. The number of benzene rings is 1. The van der Waals surface area contributed by atoms with Crippen molar-refractivity contribution in [1.82, 2.24) is 10.9 Å². The maximum Gasteiger partial charge on any atom is 0.269 e. The number of halogens is 1. The van der Waals surface area contributed by atoms with Crippen molar-refractivity contribution in [2.45, 2.75) is 0 Å². The molecule has 0 heterocycles. The molecule has 0 radical (unpaired) electrons. The van der Waals surface area contributed by atoms with Gasteiger partial charge in [0.25, 0.3) is 5.91 Å². The molecule has 0 fully saturated rings. The van der Waals surface area contributed by atoms with Crippen LogP contribution in [0.2, 0.25) is 0 Å². The molecule has 76 valence electrons. The molecule has 1 amide bonds. The SMILES string of the molecule is CNNC(=O)c1cc(F)ccc1OC. The number of hydrazine groups is 1. The lowest BCUT2D eigenvalue weighted by molar-refractivity contribution is 0.0934. The van der Waals surface area contributed by atoms with Crippen molar-refractivity contribution in [2.75, 3.05) is 14.2 Å². The molecule has 0 aliphatic carbocycles. The summed E-state index contributed by atoms with van der Waals surface area (Å²) in [4.78, 5) is 11.4. The molecule has 0 unspecified atom stereocenters. The van der Waals surface area contributed by atoms with Crippen LogP contribution in [0.5, 0.6) is 5.75 Å². The summed E-state index contributed by atoms with van der Waals surface area (Å²) < 4.78 is 17.7. The highest BCUT2D eigenvalue weighted by molar-refractivity contribution is 5.96. The van der Waals surface area contributed by atoms with Gasteiger partial charge in [0.2, 0.25) is 0 Å². The number of nitrogens with one attached hydrogen (secondary N) is 2. The van der Waals surface area contributed by atoms with Crippen molar-refractivity contribution in [3.05, 3.63) is 29.6 Å². The molecule has 0 aliphatic rings. The largest absolute Gasteiger partial charge is 0.496 e. The molecule has 0 atom stereocenters. The van der Waals surface area contributed by atoms with Gasteiger partial charge in [0, 0.05) is 7.05 Å². The molecule has 4 nitrogen and oxygen atoms in total. The Morgan fingerprint density at radius 2 is 2.21 bits per heavy atom. The predicted octanol–water partition coefficient (Wildman–Crippen LogP) is 0.699. The first-order valence-electron chi connectivity index (χ1n) is 3.99. The Kier molecular flexibility index (Phi) is 3.41. The average Bonchev–Trinajstić information content (AvgIpc) is 2.18. The van der Waals surface area contributed by atoms with Crippen LogP contribution in [0, 0.1) is 5.82 Å². The first-order chi connectivity index (χ1) is 6.69. The molecule has 1 aromatic carbocycles. The molecule has 0 saturated heterocycles. The van der Waals surface area contributed by atoms with E-state index in [4.69, 9.17) is 4.74 Å². The molecule has 0 aromatic heterocycles. The van der Waals surface area contributed by atoms with Gasteiger partial charge in [0.1, 0.15) is 11.6 Å². The molecular weight excluding hydrogens is 187 g/mol. The van der Waals surface area contributed by atoms with Gasteiger partial charge in [0.15, 0.2) is 0 Å². The predicted molar refractivity (Wildman–Crippen MR) is 49.5 cm³/mol. The summed E-state index contributed by atoms with van der Waals surface area (Å²) in [5.41, 5.74) is 4.94.